The maximum absolute atomic E-state index is 12.0. The largest absolute Gasteiger partial charge is 0.480 e. The summed E-state index contributed by atoms with van der Waals surface area (Å²) in [4.78, 5) is 22.9. The normalized spacial score (nSPS) is 30.6. The van der Waals surface area contributed by atoms with E-state index in [1.165, 1.54) is 0 Å². The van der Waals surface area contributed by atoms with Crippen LogP contribution in [0, 0.1) is 5.92 Å². The monoisotopic (exact) mass is 242 g/mol. The molecule has 1 aliphatic rings. The molecule has 1 fully saturated rings. The number of carbonyl (C=O) groups is 2. The summed E-state index contributed by atoms with van der Waals surface area (Å²) in [5.41, 5.74) is 5.20. The number of amides is 1. The lowest BCUT2D eigenvalue weighted by Crippen LogP contribution is -2.59. The molecule has 4 N–H and O–H groups in total. The van der Waals surface area contributed by atoms with Crippen molar-refractivity contribution in [2.45, 2.75) is 57.5 Å². The summed E-state index contributed by atoms with van der Waals surface area (Å²) in [6.07, 6.45) is 3.65. The van der Waals surface area contributed by atoms with E-state index in [0.29, 0.717) is 25.2 Å². The van der Waals surface area contributed by atoms with Gasteiger partial charge < -0.3 is 16.2 Å². The summed E-state index contributed by atoms with van der Waals surface area (Å²) < 4.78 is 0. The van der Waals surface area contributed by atoms with Crippen LogP contribution in [-0.4, -0.2) is 28.6 Å². The van der Waals surface area contributed by atoms with Crippen molar-refractivity contribution in [1.82, 2.24) is 5.32 Å². The van der Waals surface area contributed by atoms with Gasteiger partial charge in [0.25, 0.3) is 0 Å². The molecular weight excluding hydrogens is 220 g/mol. The Morgan fingerprint density at radius 3 is 2.71 bits per heavy atom. The lowest BCUT2D eigenvalue weighted by Gasteiger charge is -2.36. The zero-order valence-corrected chi connectivity index (χ0v) is 10.5. The van der Waals surface area contributed by atoms with E-state index < -0.39 is 17.6 Å². The second-order valence-electron chi connectivity index (χ2n) is 5.13. The van der Waals surface area contributed by atoms with Crippen molar-refractivity contribution >= 4 is 11.9 Å². The number of carboxylic acids is 1. The first-order valence-electron chi connectivity index (χ1n) is 6.21. The Morgan fingerprint density at radius 2 is 2.24 bits per heavy atom. The van der Waals surface area contributed by atoms with E-state index >= 15 is 0 Å². The van der Waals surface area contributed by atoms with E-state index in [4.69, 9.17) is 10.8 Å². The Kier molecular flexibility index (Phi) is 4.51. The van der Waals surface area contributed by atoms with E-state index in [1.807, 2.05) is 0 Å². The molecule has 0 aromatic heterocycles. The van der Waals surface area contributed by atoms with Crippen LogP contribution in [0.25, 0.3) is 0 Å². The minimum atomic E-state index is -1.01. The smallest absolute Gasteiger partial charge is 0.326 e. The molecule has 5 nitrogen and oxygen atoms in total. The zero-order chi connectivity index (χ0) is 13.1. The molecule has 2 unspecified atom stereocenters. The van der Waals surface area contributed by atoms with Crippen LogP contribution in [0.15, 0.2) is 0 Å². The fourth-order valence-electron chi connectivity index (χ4n) is 2.44. The fourth-order valence-corrected chi connectivity index (χ4v) is 2.44. The van der Waals surface area contributed by atoms with Crippen molar-refractivity contribution in [2.75, 3.05) is 0 Å². The maximum atomic E-state index is 12.0. The lowest BCUT2D eigenvalue weighted by molar-refractivity contribution is -0.143. The third-order valence-electron chi connectivity index (χ3n) is 3.50. The van der Waals surface area contributed by atoms with Crippen LogP contribution < -0.4 is 11.1 Å². The molecule has 1 aliphatic carbocycles. The number of hydrogen-bond donors (Lipinski definition) is 3. The van der Waals surface area contributed by atoms with Crippen molar-refractivity contribution < 1.29 is 14.7 Å². The van der Waals surface area contributed by atoms with Gasteiger partial charge in [-0.15, -0.1) is 0 Å². The Morgan fingerprint density at radius 1 is 1.59 bits per heavy atom. The van der Waals surface area contributed by atoms with Crippen LogP contribution in [0.4, 0.5) is 0 Å². The van der Waals surface area contributed by atoms with Gasteiger partial charge in [0.1, 0.15) is 6.04 Å². The van der Waals surface area contributed by atoms with E-state index in [1.54, 1.807) is 6.92 Å². The molecule has 0 aromatic rings. The quantitative estimate of drug-likeness (QED) is 0.682. The van der Waals surface area contributed by atoms with Crippen molar-refractivity contribution in [3.8, 4) is 0 Å². The van der Waals surface area contributed by atoms with Gasteiger partial charge in [-0.1, -0.05) is 26.7 Å². The van der Waals surface area contributed by atoms with Gasteiger partial charge in [0.05, 0.1) is 5.54 Å². The number of carbonyl (C=O) groups excluding carboxylic acids is 1. The van der Waals surface area contributed by atoms with Crippen LogP contribution in [0.1, 0.15) is 46.0 Å². The summed E-state index contributed by atoms with van der Waals surface area (Å²) in [6.45, 7) is 3.80. The number of nitrogens with one attached hydrogen (secondary N) is 1. The predicted molar refractivity (Wildman–Crippen MR) is 64.4 cm³/mol. The first kappa shape index (κ1) is 14.0. The van der Waals surface area contributed by atoms with Crippen LogP contribution >= 0.6 is 0 Å². The summed E-state index contributed by atoms with van der Waals surface area (Å²) in [5, 5.41) is 11.4. The molecule has 0 bridgehead atoms. The molecule has 0 aliphatic heterocycles. The van der Waals surface area contributed by atoms with E-state index in [0.717, 1.165) is 12.8 Å². The van der Waals surface area contributed by atoms with Crippen molar-refractivity contribution in [3.63, 3.8) is 0 Å². The molecule has 0 spiro atoms. The summed E-state index contributed by atoms with van der Waals surface area (Å²) in [6, 6.07) is -0.833. The van der Waals surface area contributed by atoms with Gasteiger partial charge in [0.15, 0.2) is 0 Å². The third-order valence-corrected chi connectivity index (χ3v) is 3.50. The average Bonchev–Trinajstić information content (AvgIpc) is 2.24. The van der Waals surface area contributed by atoms with Crippen LogP contribution in [0.2, 0.25) is 0 Å². The SMILES string of the molecule is CC[C@@H](NC(=O)C1(N)CCCC(C)C1)C(=O)O. The van der Waals surface area contributed by atoms with Crippen molar-refractivity contribution in [2.24, 2.45) is 11.7 Å². The maximum Gasteiger partial charge on any atom is 0.326 e. The molecule has 98 valence electrons. The fraction of sp³-hybridized carbons (Fsp3) is 0.833. The second kappa shape index (κ2) is 5.49. The Labute approximate surface area is 102 Å². The molecule has 0 heterocycles. The standard InChI is InChI=1S/C12H22N2O3/c1-3-9(10(15)16)14-11(17)12(13)6-4-5-8(2)7-12/h8-9H,3-7,13H2,1-2H3,(H,14,17)(H,15,16)/t8?,9-,12?/m1/s1. The highest BCUT2D eigenvalue weighted by atomic mass is 16.4. The summed E-state index contributed by atoms with van der Waals surface area (Å²) in [7, 11) is 0. The third kappa shape index (κ3) is 3.43. The molecule has 0 aromatic carbocycles. The highest BCUT2D eigenvalue weighted by molar-refractivity contribution is 5.90. The topological polar surface area (TPSA) is 92.4 Å². The zero-order valence-electron chi connectivity index (χ0n) is 10.5. The molecular formula is C12H22N2O3. The van der Waals surface area contributed by atoms with Crippen molar-refractivity contribution in [1.29, 1.82) is 0 Å². The summed E-state index contributed by atoms with van der Waals surface area (Å²) in [5.74, 6) is -0.906. The van der Waals surface area contributed by atoms with Gasteiger partial charge in [0, 0.05) is 0 Å². The van der Waals surface area contributed by atoms with Crippen LogP contribution in [0.3, 0.4) is 0 Å². The second-order valence-corrected chi connectivity index (χ2v) is 5.13. The number of nitrogens with two attached hydrogens (primary N) is 1. The molecule has 0 radical (unpaired) electrons. The first-order valence-corrected chi connectivity index (χ1v) is 6.21. The minimum absolute atomic E-state index is 0.321. The van der Waals surface area contributed by atoms with Crippen LogP contribution in [0.5, 0.6) is 0 Å². The van der Waals surface area contributed by atoms with Crippen LogP contribution in [-0.2, 0) is 9.59 Å². The number of aliphatic carboxylic acids is 1. The number of hydrogen-bond acceptors (Lipinski definition) is 3. The molecule has 1 amide bonds. The Balaban J connectivity index is 2.65. The Hall–Kier alpha value is -1.10. The molecule has 3 atom stereocenters. The van der Waals surface area contributed by atoms with Gasteiger partial charge in [-0.05, 0) is 25.2 Å². The Bertz CT molecular complexity index is 306. The predicted octanol–water partition coefficient (Wildman–Crippen LogP) is 0.873. The highest BCUT2D eigenvalue weighted by Gasteiger charge is 2.39. The molecule has 1 rings (SSSR count). The molecule has 17 heavy (non-hydrogen) atoms. The van der Waals surface area contributed by atoms with Crippen molar-refractivity contribution in [3.05, 3.63) is 0 Å². The van der Waals surface area contributed by atoms with Gasteiger partial charge in [-0.25, -0.2) is 4.79 Å². The first-order chi connectivity index (χ1) is 7.89. The van der Waals surface area contributed by atoms with Gasteiger partial charge >= 0.3 is 5.97 Å². The van der Waals surface area contributed by atoms with Gasteiger partial charge in [-0.2, -0.15) is 0 Å². The van der Waals surface area contributed by atoms with E-state index in [2.05, 4.69) is 12.2 Å². The molecule has 5 heteroatoms. The number of rotatable bonds is 4. The average molecular weight is 242 g/mol. The minimum Gasteiger partial charge on any atom is -0.480 e. The molecule has 0 saturated heterocycles. The molecule has 1 saturated carbocycles. The van der Waals surface area contributed by atoms with Gasteiger partial charge in [0.2, 0.25) is 5.91 Å². The van der Waals surface area contributed by atoms with E-state index in [9.17, 15) is 9.59 Å². The number of carboxylic acid groups (broad SMARTS) is 1. The highest BCUT2D eigenvalue weighted by Crippen LogP contribution is 2.30. The lowest BCUT2D eigenvalue weighted by atomic mass is 9.76. The van der Waals surface area contributed by atoms with E-state index in [-0.39, 0.29) is 5.91 Å². The summed E-state index contributed by atoms with van der Waals surface area (Å²) >= 11 is 0. The van der Waals surface area contributed by atoms with Gasteiger partial charge in [-0.3, -0.25) is 4.79 Å².